The van der Waals surface area contributed by atoms with Gasteiger partial charge in [-0.3, -0.25) is 4.79 Å². The van der Waals surface area contributed by atoms with Crippen molar-refractivity contribution in [1.29, 1.82) is 0 Å². The number of carbonyl (C=O) groups excluding carboxylic acids is 1. The van der Waals surface area contributed by atoms with Crippen molar-refractivity contribution in [2.75, 3.05) is 0 Å². The summed E-state index contributed by atoms with van der Waals surface area (Å²) in [4.78, 5) is 16.1. The molecule has 1 atom stereocenters. The number of nitrogens with zero attached hydrogens (tertiary/aromatic N) is 3. The molecule has 3 rings (SSSR count). The van der Waals surface area contributed by atoms with E-state index >= 15 is 0 Å². The first-order valence-corrected chi connectivity index (χ1v) is 7.99. The van der Waals surface area contributed by atoms with Crippen molar-refractivity contribution in [3.63, 3.8) is 0 Å². The molecule has 0 aliphatic carbocycles. The van der Waals surface area contributed by atoms with Crippen LogP contribution in [0.25, 0.3) is 5.69 Å². The van der Waals surface area contributed by atoms with E-state index in [1.54, 1.807) is 17.1 Å². The van der Waals surface area contributed by atoms with Crippen LogP contribution in [0.1, 0.15) is 24.1 Å². The minimum Gasteiger partial charge on any atom is -0.349 e. The maximum atomic E-state index is 12.2. The molecule has 1 amide bonds. The molecule has 0 fully saturated rings. The normalized spacial score (nSPS) is 11.9. The van der Waals surface area contributed by atoms with Gasteiger partial charge in [-0.1, -0.05) is 41.9 Å². The maximum absolute atomic E-state index is 12.2. The third-order valence-electron chi connectivity index (χ3n) is 3.76. The quantitative estimate of drug-likeness (QED) is 0.775. The van der Waals surface area contributed by atoms with Gasteiger partial charge < -0.3 is 5.32 Å². The first-order valence-electron chi connectivity index (χ1n) is 7.61. The Balaban J connectivity index is 1.63. The van der Waals surface area contributed by atoms with Crippen LogP contribution in [-0.2, 0) is 11.2 Å². The smallest absolute Gasteiger partial charge is 0.224 e. The zero-order valence-corrected chi connectivity index (χ0v) is 13.9. The average Bonchev–Trinajstić information content (AvgIpc) is 3.11. The van der Waals surface area contributed by atoms with E-state index in [-0.39, 0.29) is 18.4 Å². The first-order chi connectivity index (χ1) is 11.6. The van der Waals surface area contributed by atoms with Crippen molar-refractivity contribution in [2.45, 2.75) is 19.4 Å². The van der Waals surface area contributed by atoms with E-state index < -0.39 is 0 Å². The average molecular weight is 341 g/mol. The summed E-state index contributed by atoms with van der Waals surface area (Å²) in [7, 11) is 0. The van der Waals surface area contributed by atoms with Crippen molar-refractivity contribution >= 4 is 17.5 Å². The maximum Gasteiger partial charge on any atom is 0.224 e. The molecule has 0 spiro atoms. The number of carbonyl (C=O) groups is 1. The standard InChI is InChI=1S/C18H17ClN4O/c1-13(22-18(24)10-15-4-2-3-5-17(15)19)14-6-8-16(9-7-14)23-12-20-11-21-23/h2-9,11-13H,10H2,1H3,(H,22,24)/t13-/m0/s1. The summed E-state index contributed by atoms with van der Waals surface area (Å²) in [6.07, 6.45) is 3.40. The van der Waals surface area contributed by atoms with E-state index in [9.17, 15) is 4.79 Å². The Morgan fingerprint density at radius 3 is 2.62 bits per heavy atom. The Labute approximate surface area is 145 Å². The third kappa shape index (κ3) is 3.81. The molecule has 2 aromatic carbocycles. The second-order valence-corrected chi connectivity index (χ2v) is 5.90. The molecule has 0 radical (unpaired) electrons. The molecule has 0 aliphatic heterocycles. The van der Waals surface area contributed by atoms with Crippen LogP contribution in [0.3, 0.4) is 0 Å². The number of aromatic nitrogens is 3. The molecule has 0 unspecified atom stereocenters. The Bertz CT molecular complexity index is 815. The minimum absolute atomic E-state index is 0.0593. The van der Waals surface area contributed by atoms with Crippen molar-refractivity contribution in [2.24, 2.45) is 0 Å². The molecule has 1 N–H and O–H groups in total. The van der Waals surface area contributed by atoms with Crippen LogP contribution in [-0.4, -0.2) is 20.7 Å². The van der Waals surface area contributed by atoms with Crippen LogP contribution >= 0.6 is 11.6 Å². The van der Waals surface area contributed by atoms with Gasteiger partial charge in [-0.15, -0.1) is 0 Å². The monoisotopic (exact) mass is 340 g/mol. The van der Waals surface area contributed by atoms with Gasteiger partial charge in [0.1, 0.15) is 12.7 Å². The Morgan fingerprint density at radius 2 is 1.96 bits per heavy atom. The summed E-state index contributed by atoms with van der Waals surface area (Å²) in [6.45, 7) is 1.95. The number of nitrogens with one attached hydrogen (secondary N) is 1. The van der Waals surface area contributed by atoms with E-state index in [1.807, 2.05) is 49.4 Å². The highest BCUT2D eigenvalue weighted by Crippen LogP contribution is 2.18. The zero-order chi connectivity index (χ0) is 16.9. The summed E-state index contributed by atoms with van der Waals surface area (Å²) in [5.41, 5.74) is 2.77. The van der Waals surface area contributed by atoms with E-state index in [0.717, 1.165) is 16.8 Å². The molecule has 122 valence electrons. The van der Waals surface area contributed by atoms with Gasteiger partial charge in [-0.25, -0.2) is 9.67 Å². The number of hydrogen-bond acceptors (Lipinski definition) is 3. The van der Waals surface area contributed by atoms with Crippen molar-refractivity contribution < 1.29 is 4.79 Å². The van der Waals surface area contributed by atoms with Gasteiger partial charge in [0.25, 0.3) is 0 Å². The highest BCUT2D eigenvalue weighted by atomic mass is 35.5. The molecule has 0 saturated carbocycles. The summed E-state index contributed by atoms with van der Waals surface area (Å²) >= 11 is 6.09. The van der Waals surface area contributed by atoms with Gasteiger partial charge in [-0.05, 0) is 36.2 Å². The lowest BCUT2D eigenvalue weighted by Gasteiger charge is -2.15. The third-order valence-corrected chi connectivity index (χ3v) is 4.13. The predicted octanol–water partition coefficient (Wildman–Crippen LogP) is 3.34. The Kier molecular flexibility index (Phi) is 4.91. The Morgan fingerprint density at radius 1 is 1.21 bits per heavy atom. The minimum atomic E-state index is -0.0928. The van der Waals surface area contributed by atoms with Gasteiger partial charge in [0.2, 0.25) is 5.91 Å². The summed E-state index contributed by atoms with van der Waals surface area (Å²) in [5.74, 6) is -0.0593. The number of halogens is 1. The number of benzene rings is 2. The number of amides is 1. The van der Waals surface area contributed by atoms with Crippen molar-refractivity contribution in [3.8, 4) is 5.69 Å². The number of hydrogen-bond donors (Lipinski definition) is 1. The first kappa shape index (κ1) is 16.2. The fraction of sp³-hybridized carbons (Fsp3) is 0.167. The fourth-order valence-electron chi connectivity index (χ4n) is 2.45. The van der Waals surface area contributed by atoms with Gasteiger partial charge in [0.15, 0.2) is 0 Å². The molecule has 1 aromatic heterocycles. The molecular weight excluding hydrogens is 324 g/mol. The van der Waals surface area contributed by atoms with Crippen LogP contribution in [0.15, 0.2) is 61.2 Å². The fourth-order valence-corrected chi connectivity index (χ4v) is 2.65. The highest BCUT2D eigenvalue weighted by molar-refractivity contribution is 6.31. The molecular formula is C18H17ClN4O. The van der Waals surface area contributed by atoms with E-state index in [0.29, 0.717) is 5.02 Å². The van der Waals surface area contributed by atoms with Crippen LogP contribution in [0.2, 0.25) is 5.02 Å². The molecule has 0 saturated heterocycles. The van der Waals surface area contributed by atoms with Gasteiger partial charge in [-0.2, -0.15) is 5.10 Å². The topological polar surface area (TPSA) is 59.8 Å². The van der Waals surface area contributed by atoms with Gasteiger partial charge in [0, 0.05) is 5.02 Å². The lowest BCUT2D eigenvalue weighted by molar-refractivity contribution is -0.121. The zero-order valence-electron chi connectivity index (χ0n) is 13.2. The molecule has 3 aromatic rings. The molecule has 6 heteroatoms. The van der Waals surface area contributed by atoms with Crippen LogP contribution < -0.4 is 5.32 Å². The van der Waals surface area contributed by atoms with Gasteiger partial charge in [0.05, 0.1) is 18.2 Å². The van der Waals surface area contributed by atoms with Crippen LogP contribution in [0, 0.1) is 0 Å². The van der Waals surface area contributed by atoms with E-state index in [1.165, 1.54) is 6.33 Å². The summed E-state index contributed by atoms with van der Waals surface area (Å²) in [6, 6.07) is 15.1. The highest BCUT2D eigenvalue weighted by Gasteiger charge is 2.11. The lowest BCUT2D eigenvalue weighted by Crippen LogP contribution is -2.28. The largest absolute Gasteiger partial charge is 0.349 e. The van der Waals surface area contributed by atoms with Crippen LogP contribution in [0.4, 0.5) is 0 Å². The molecule has 24 heavy (non-hydrogen) atoms. The summed E-state index contributed by atoms with van der Waals surface area (Å²) in [5, 5.41) is 7.69. The number of rotatable bonds is 5. The SMILES string of the molecule is C[C@H](NC(=O)Cc1ccccc1Cl)c1ccc(-n2cncn2)cc1. The lowest BCUT2D eigenvalue weighted by atomic mass is 10.1. The molecule has 5 nitrogen and oxygen atoms in total. The van der Waals surface area contributed by atoms with Crippen molar-refractivity contribution in [3.05, 3.63) is 77.3 Å². The molecule has 1 heterocycles. The Hall–Kier alpha value is -2.66. The van der Waals surface area contributed by atoms with Crippen LogP contribution in [0.5, 0.6) is 0 Å². The molecule has 0 aliphatic rings. The molecule has 0 bridgehead atoms. The predicted molar refractivity (Wildman–Crippen MR) is 93.1 cm³/mol. The van der Waals surface area contributed by atoms with Gasteiger partial charge >= 0.3 is 0 Å². The summed E-state index contributed by atoms with van der Waals surface area (Å²) < 4.78 is 1.68. The van der Waals surface area contributed by atoms with E-state index in [4.69, 9.17) is 11.6 Å². The van der Waals surface area contributed by atoms with Crippen molar-refractivity contribution in [1.82, 2.24) is 20.1 Å². The second-order valence-electron chi connectivity index (χ2n) is 5.49. The van der Waals surface area contributed by atoms with E-state index in [2.05, 4.69) is 15.4 Å². The second kappa shape index (κ2) is 7.27.